The molecule has 31 heavy (non-hydrogen) atoms. The summed E-state index contributed by atoms with van der Waals surface area (Å²) in [6.07, 6.45) is 9.01. The third kappa shape index (κ3) is 6.43. The van der Waals surface area contributed by atoms with Gasteiger partial charge in [-0.15, -0.1) is 0 Å². The van der Waals surface area contributed by atoms with Crippen molar-refractivity contribution in [2.45, 2.75) is 32.1 Å². The first-order valence-electron chi connectivity index (χ1n) is 10.1. The molecule has 162 valence electrons. The van der Waals surface area contributed by atoms with Gasteiger partial charge >= 0.3 is 5.97 Å². The fraction of sp³-hybridized carbons (Fsp3) is 0.333. The van der Waals surface area contributed by atoms with Gasteiger partial charge in [-0.2, -0.15) is 0 Å². The van der Waals surface area contributed by atoms with E-state index in [9.17, 15) is 4.79 Å². The van der Waals surface area contributed by atoms with Crippen LogP contribution in [0.1, 0.15) is 37.7 Å². The van der Waals surface area contributed by atoms with Crippen LogP contribution in [0, 0.1) is 16.7 Å². The predicted molar refractivity (Wildman–Crippen MR) is 124 cm³/mol. The van der Waals surface area contributed by atoms with Gasteiger partial charge in [0.1, 0.15) is 6.20 Å². The van der Waals surface area contributed by atoms with Crippen LogP contribution in [0.3, 0.4) is 0 Å². The monoisotopic (exact) mass is 440 g/mol. The van der Waals surface area contributed by atoms with E-state index in [1.807, 2.05) is 6.07 Å². The zero-order valence-corrected chi connectivity index (χ0v) is 17.9. The number of aliphatic carboxylic acids is 1. The molecule has 0 saturated heterocycles. The Kier molecular flexibility index (Phi) is 7.85. The molecule has 9 nitrogen and oxygen atoms in total. The minimum Gasteiger partial charge on any atom is -0.481 e. The summed E-state index contributed by atoms with van der Waals surface area (Å²) in [5, 5.41) is 27.2. The summed E-state index contributed by atoms with van der Waals surface area (Å²) in [6.45, 7) is 0.387. The Morgan fingerprint density at radius 1 is 1.35 bits per heavy atom. The fourth-order valence-corrected chi connectivity index (χ4v) is 4.15. The highest BCUT2D eigenvalue weighted by molar-refractivity contribution is 8.26. The Hall–Kier alpha value is -3.11. The summed E-state index contributed by atoms with van der Waals surface area (Å²) in [7, 11) is 0. The Morgan fingerprint density at radius 3 is 2.84 bits per heavy atom. The van der Waals surface area contributed by atoms with E-state index < -0.39 is 5.97 Å². The molecule has 0 atom stereocenters. The lowest BCUT2D eigenvalue weighted by Crippen LogP contribution is -2.78. The molecule has 0 spiro atoms. The molecule has 1 aliphatic carbocycles. The summed E-state index contributed by atoms with van der Waals surface area (Å²) in [4.78, 5) is 23.9. The summed E-state index contributed by atoms with van der Waals surface area (Å²) in [5.74, 6) is -0.140. The molecule has 1 aliphatic rings. The second-order valence-electron chi connectivity index (χ2n) is 7.26. The molecule has 0 bridgehead atoms. The van der Waals surface area contributed by atoms with Crippen LogP contribution in [0.2, 0.25) is 0 Å². The van der Waals surface area contributed by atoms with Gasteiger partial charge in [-0.1, -0.05) is 12.8 Å². The normalized spacial score (nSPS) is 15.4. The number of thioether (sulfide) groups is 1. The second-order valence-corrected chi connectivity index (χ2v) is 8.33. The number of aromatic nitrogens is 2. The van der Waals surface area contributed by atoms with Crippen molar-refractivity contribution in [2.24, 2.45) is 16.6 Å². The van der Waals surface area contributed by atoms with E-state index in [1.54, 1.807) is 29.8 Å². The number of rotatable bonds is 8. The highest BCUT2D eigenvalue weighted by atomic mass is 32.2. The molecule has 0 radical (unpaired) electrons. The van der Waals surface area contributed by atoms with Gasteiger partial charge in [0, 0.05) is 23.9 Å². The van der Waals surface area contributed by atoms with Gasteiger partial charge in [-0.25, -0.2) is 9.98 Å². The summed E-state index contributed by atoms with van der Waals surface area (Å²) < 4.78 is 0. The number of carbonyl (C=O) groups is 1. The van der Waals surface area contributed by atoms with Crippen LogP contribution in [0.4, 0.5) is 5.82 Å². The van der Waals surface area contributed by atoms with Crippen LogP contribution in [0.5, 0.6) is 0 Å². The van der Waals surface area contributed by atoms with Crippen molar-refractivity contribution in [3.63, 3.8) is 0 Å². The molecular weight excluding hydrogens is 414 g/mol. The highest BCUT2D eigenvalue weighted by Crippen LogP contribution is 2.30. The molecule has 0 aromatic carbocycles. The molecule has 2 heterocycles. The van der Waals surface area contributed by atoms with Gasteiger partial charge in [0.25, 0.3) is 0 Å². The first kappa shape index (κ1) is 22.6. The Labute approximate surface area is 184 Å². The third-order valence-electron chi connectivity index (χ3n) is 5.00. The number of nitrogens with one attached hydrogen (secondary N) is 2. The number of nitrogens with zero attached hydrogens (tertiary/aromatic N) is 3. The first-order valence-corrected chi connectivity index (χ1v) is 10.9. The molecule has 1 fully saturated rings. The van der Waals surface area contributed by atoms with E-state index in [0.717, 1.165) is 25.7 Å². The maximum atomic E-state index is 10.6. The van der Waals surface area contributed by atoms with Crippen LogP contribution in [0.25, 0.3) is 16.6 Å². The topological polar surface area (TPSA) is 166 Å². The number of nitrogens with two attached hydrogens (primary N) is 2. The average Bonchev–Trinajstić information content (AvgIpc) is 3.28. The van der Waals surface area contributed by atoms with Gasteiger partial charge in [0.2, 0.25) is 0 Å². The number of hydrogen-bond donors (Lipinski definition) is 5. The van der Waals surface area contributed by atoms with Crippen molar-refractivity contribution >= 4 is 56.6 Å². The molecule has 0 unspecified atom stereocenters. The lowest BCUT2D eigenvalue weighted by molar-refractivity contribution is -0.585. The molecule has 2 aromatic rings. The standard InChI is InChI=1S/C21H25N7O2S/c22-10-15(11-25-8-7-19(29)30)14-9-17-16(26-12-14)5-6-18(27-17)28-21(24)31-20(23)13-3-1-2-4-13/h5-6,9-13,22-23,25H,1-4,7-8H2,(H,29,30)(H2,24,27,28)/p+1/b15-11+,22-10?,23-20?. The number of allylic oxidation sites excluding steroid dienone is 1. The number of quaternary nitrogens is 1. The Bertz CT molecular complexity index is 1050. The van der Waals surface area contributed by atoms with Gasteiger partial charge in [0.05, 0.1) is 34.6 Å². The molecule has 0 amide bonds. The lowest BCUT2D eigenvalue weighted by Gasteiger charge is -2.09. The predicted octanol–water partition coefficient (Wildman–Crippen LogP) is 2.51. The zero-order chi connectivity index (χ0) is 22.2. The van der Waals surface area contributed by atoms with Crippen molar-refractivity contribution < 1.29 is 15.2 Å². The van der Waals surface area contributed by atoms with Crippen LogP contribution in [-0.2, 0) is 4.79 Å². The minimum absolute atomic E-state index is 0.0400. The number of carboxylic acids is 1. The average molecular weight is 441 g/mol. The van der Waals surface area contributed by atoms with Crippen LogP contribution >= 0.6 is 11.8 Å². The number of aliphatic imine (C=N–C) groups is 1. The zero-order valence-electron chi connectivity index (χ0n) is 17.0. The van der Waals surface area contributed by atoms with Crippen LogP contribution in [-0.4, -0.2) is 44.0 Å². The minimum atomic E-state index is -0.860. The Morgan fingerprint density at radius 2 is 2.13 bits per heavy atom. The summed E-state index contributed by atoms with van der Waals surface area (Å²) >= 11 is 1.19. The third-order valence-corrected chi connectivity index (χ3v) is 5.85. The molecule has 1 saturated carbocycles. The van der Waals surface area contributed by atoms with Crippen LogP contribution < -0.4 is 11.1 Å². The quantitative estimate of drug-likeness (QED) is 0.240. The fourth-order valence-electron chi connectivity index (χ4n) is 3.38. The first-order chi connectivity index (χ1) is 15.0. The van der Waals surface area contributed by atoms with Crippen LogP contribution in [0.15, 0.2) is 35.6 Å². The lowest BCUT2D eigenvalue weighted by atomic mass is 10.1. The number of pyridine rings is 2. The maximum absolute atomic E-state index is 10.6. The number of carboxylic acid groups (broad SMARTS) is 1. The van der Waals surface area contributed by atoms with E-state index in [0.29, 0.717) is 44.7 Å². The SMILES string of the molecule is N=C/C(=C\[NH2+]CCC(=O)O)c1cnc2ccc(N=C(N)SC(=N)C3CCCC3)nc2c1. The summed E-state index contributed by atoms with van der Waals surface area (Å²) in [6, 6.07) is 5.35. The van der Waals surface area contributed by atoms with Gasteiger partial charge in [0.15, 0.2) is 11.0 Å². The van der Waals surface area contributed by atoms with E-state index in [2.05, 4.69) is 15.0 Å². The Balaban J connectivity index is 1.76. The van der Waals surface area contributed by atoms with Gasteiger partial charge < -0.3 is 21.6 Å². The maximum Gasteiger partial charge on any atom is 0.309 e. The number of amidine groups is 1. The molecule has 7 N–H and O–H groups in total. The smallest absolute Gasteiger partial charge is 0.309 e. The molecule has 0 aliphatic heterocycles. The van der Waals surface area contributed by atoms with Crippen molar-refractivity contribution in [1.29, 1.82) is 10.8 Å². The summed E-state index contributed by atoms with van der Waals surface area (Å²) in [5.41, 5.74) is 8.65. The molecular formula is C21H26N7O2S+. The van der Waals surface area contributed by atoms with E-state index in [1.165, 1.54) is 18.0 Å². The van der Waals surface area contributed by atoms with Gasteiger partial charge in [-0.3, -0.25) is 15.2 Å². The van der Waals surface area contributed by atoms with Crippen molar-refractivity contribution in [3.8, 4) is 0 Å². The molecule has 3 rings (SSSR count). The largest absolute Gasteiger partial charge is 0.481 e. The molecule has 10 heteroatoms. The van der Waals surface area contributed by atoms with E-state index in [-0.39, 0.29) is 12.3 Å². The number of fused-ring (bicyclic) bond motifs is 1. The van der Waals surface area contributed by atoms with Crippen molar-refractivity contribution in [2.75, 3.05) is 6.54 Å². The van der Waals surface area contributed by atoms with Crippen molar-refractivity contribution in [1.82, 2.24) is 9.97 Å². The number of hydrogen-bond acceptors (Lipinski definition) is 7. The van der Waals surface area contributed by atoms with E-state index in [4.69, 9.17) is 21.7 Å². The molecule has 2 aromatic heterocycles. The van der Waals surface area contributed by atoms with E-state index >= 15 is 0 Å². The second kappa shape index (κ2) is 10.8. The van der Waals surface area contributed by atoms with Crippen molar-refractivity contribution in [3.05, 3.63) is 36.2 Å². The highest BCUT2D eigenvalue weighted by Gasteiger charge is 2.21. The van der Waals surface area contributed by atoms with Gasteiger partial charge in [-0.05, 0) is 42.8 Å².